The number of hydrogen-bond donors (Lipinski definition) is 1. The van der Waals surface area contributed by atoms with Crippen molar-refractivity contribution >= 4 is 5.97 Å². The zero-order chi connectivity index (χ0) is 12.7. The molecule has 1 aromatic carbocycles. The van der Waals surface area contributed by atoms with Gasteiger partial charge in [0.2, 0.25) is 0 Å². The SMILES string of the molecule is CCCC[C@@H](CC(=O)OC)c1ccc(O)cc1. The van der Waals surface area contributed by atoms with Crippen molar-refractivity contribution in [3.63, 3.8) is 0 Å². The van der Waals surface area contributed by atoms with Crippen molar-refractivity contribution in [3.05, 3.63) is 29.8 Å². The molecule has 0 aliphatic carbocycles. The van der Waals surface area contributed by atoms with Gasteiger partial charge in [-0.2, -0.15) is 0 Å². The van der Waals surface area contributed by atoms with Gasteiger partial charge in [0.05, 0.1) is 13.5 Å². The van der Waals surface area contributed by atoms with E-state index in [0.29, 0.717) is 6.42 Å². The minimum atomic E-state index is -0.181. The average Bonchev–Trinajstić information content (AvgIpc) is 2.35. The molecule has 0 bridgehead atoms. The van der Waals surface area contributed by atoms with E-state index in [9.17, 15) is 9.90 Å². The molecule has 3 heteroatoms. The molecule has 1 atom stereocenters. The molecule has 0 saturated heterocycles. The molecule has 1 N–H and O–H groups in total. The standard InChI is InChI=1S/C14H20O3/c1-3-4-5-12(10-14(16)17-2)11-6-8-13(15)9-7-11/h6-9,12,15H,3-5,10H2,1-2H3/t12-/m0/s1. The fraction of sp³-hybridized carbons (Fsp3) is 0.500. The minimum Gasteiger partial charge on any atom is -0.508 e. The monoisotopic (exact) mass is 236 g/mol. The van der Waals surface area contributed by atoms with Gasteiger partial charge in [-0.25, -0.2) is 0 Å². The molecule has 0 amide bonds. The number of phenols is 1. The molecule has 0 spiro atoms. The summed E-state index contributed by atoms with van der Waals surface area (Å²) in [4.78, 5) is 11.4. The van der Waals surface area contributed by atoms with Gasteiger partial charge >= 0.3 is 5.97 Å². The zero-order valence-corrected chi connectivity index (χ0v) is 10.5. The van der Waals surface area contributed by atoms with Crippen molar-refractivity contribution in [2.45, 2.75) is 38.5 Å². The minimum absolute atomic E-state index is 0.181. The van der Waals surface area contributed by atoms with Crippen LogP contribution in [0.15, 0.2) is 24.3 Å². The Kier molecular flexibility index (Phi) is 5.53. The van der Waals surface area contributed by atoms with Crippen LogP contribution in [-0.4, -0.2) is 18.2 Å². The van der Waals surface area contributed by atoms with Gasteiger partial charge in [0.1, 0.15) is 5.75 Å². The summed E-state index contributed by atoms with van der Waals surface area (Å²) in [5.41, 5.74) is 1.08. The van der Waals surface area contributed by atoms with Gasteiger partial charge in [0, 0.05) is 0 Å². The molecule has 0 fully saturated rings. The molecule has 1 rings (SSSR count). The lowest BCUT2D eigenvalue weighted by Gasteiger charge is -2.15. The number of methoxy groups -OCH3 is 1. The smallest absolute Gasteiger partial charge is 0.306 e. The van der Waals surface area contributed by atoms with Gasteiger partial charge in [-0.3, -0.25) is 4.79 Å². The highest BCUT2D eigenvalue weighted by atomic mass is 16.5. The lowest BCUT2D eigenvalue weighted by molar-refractivity contribution is -0.141. The number of phenolic OH excluding ortho intramolecular Hbond substituents is 1. The van der Waals surface area contributed by atoms with Gasteiger partial charge in [-0.15, -0.1) is 0 Å². The van der Waals surface area contributed by atoms with Crippen molar-refractivity contribution in [3.8, 4) is 5.75 Å². The maximum atomic E-state index is 11.4. The Hall–Kier alpha value is -1.51. The lowest BCUT2D eigenvalue weighted by Crippen LogP contribution is -2.08. The summed E-state index contributed by atoms with van der Waals surface area (Å²) in [6, 6.07) is 7.06. The van der Waals surface area contributed by atoms with E-state index in [-0.39, 0.29) is 17.6 Å². The van der Waals surface area contributed by atoms with Crippen molar-refractivity contribution in [1.82, 2.24) is 0 Å². The Bertz CT molecular complexity index is 343. The molecule has 94 valence electrons. The fourth-order valence-corrected chi connectivity index (χ4v) is 1.87. The van der Waals surface area contributed by atoms with Gasteiger partial charge in [-0.05, 0) is 30.0 Å². The highest BCUT2D eigenvalue weighted by molar-refractivity contribution is 5.70. The first-order valence-corrected chi connectivity index (χ1v) is 6.03. The number of benzene rings is 1. The van der Waals surface area contributed by atoms with Crippen LogP contribution in [0.2, 0.25) is 0 Å². The van der Waals surface area contributed by atoms with Gasteiger partial charge in [0.25, 0.3) is 0 Å². The first-order chi connectivity index (χ1) is 8.17. The van der Waals surface area contributed by atoms with Crippen LogP contribution in [0.5, 0.6) is 5.75 Å². The van der Waals surface area contributed by atoms with Crippen LogP contribution in [0, 0.1) is 0 Å². The lowest BCUT2D eigenvalue weighted by atomic mass is 9.91. The van der Waals surface area contributed by atoms with Gasteiger partial charge in [-0.1, -0.05) is 31.9 Å². The molecular weight excluding hydrogens is 216 g/mol. The molecule has 0 aliphatic rings. The number of rotatable bonds is 6. The molecule has 3 nitrogen and oxygen atoms in total. The third-order valence-electron chi connectivity index (χ3n) is 2.91. The normalized spacial score (nSPS) is 12.1. The largest absolute Gasteiger partial charge is 0.508 e. The van der Waals surface area contributed by atoms with Crippen LogP contribution in [0.1, 0.15) is 44.1 Å². The van der Waals surface area contributed by atoms with Crippen molar-refractivity contribution in [2.24, 2.45) is 0 Å². The summed E-state index contributed by atoms with van der Waals surface area (Å²) in [5, 5.41) is 9.25. The van der Waals surface area contributed by atoms with Crippen LogP contribution >= 0.6 is 0 Å². The second-order valence-corrected chi connectivity index (χ2v) is 4.21. The predicted octanol–water partition coefficient (Wildman–Crippen LogP) is 3.23. The molecule has 17 heavy (non-hydrogen) atoms. The second kappa shape index (κ2) is 6.94. The summed E-state index contributed by atoms with van der Waals surface area (Å²) in [7, 11) is 1.41. The molecule has 0 aromatic heterocycles. The molecule has 0 heterocycles. The van der Waals surface area contributed by atoms with Gasteiger partial charge < -0.3 is 9.84 Å². The Morgan fingerprint density at radius 2 is 2.00 bits per heavy atom. The highest BCUT2D eigenvalue weighted by Crippen LogP contribution is 2.27. The maximum Gasteiger partial charge on any atom is 0.306 e. The van der Waals surface area contributed by atoms with Crippen molar-refractivity contribution in [1.29, 1.82) is 0 Å². The van der Waals surface area contributed by atoms with Crippen LogP contribution in [0.4, 0.5) is 0 Å². The Labute approximate surface area is 102 Å². The zero-order valence-electron chi connectivity index (χ0n) is 10.5. The van der Waals surface area contributed by atoms with Crippen LogP contribution < -0.4 is 0 Å². The summed E-state index contributed by atoms with van der Waals surface area (Å²) in [6.45, 7) is 2.13. The summed E-state index contributed by atoms with van der Waals surface area (Å²) >= 11 is 0. The average molecular weight is 236 g/mol. The van der Waals surface area contributed by atoms with E-state index in [1.54, 1.807) is 12.1 Å². The highest BCUT2D eigenvalue weighted by Gasteiger charge is 2.15. The van der Waals surface area contributed by atoms with Crippen molar-refractivity contribution < 1.29 is 14.6 Å². The number of carbonyl (C=O) groups is 1. The molecular formula is C14H20O3. The van der Waals surface area contributed by atoms with E-state index >= 15 is 0 Å². The molecule has 1 aromatic rings. The van der Waals surface area contributed by atoms with Crippen LogP contribution in [0.3, 0.4) is 0 Å². The number of ether oxygens (including phenoxy) is 1. The second-order valence-electron chi connectivity index (χ2n) is 4.21. The van der Waals surface area contributed by atoms with Gasteiger partial charge in [0.15, 0.2) is 0 Å². The molecule has 0 radical (unpaired) electrons. The summed E-state index contributed by atoms with van der Waals surface area (Å²) < 4.78 is 4.72. The maximum absolute atomic E-state index is 11.4. The number of carbonyl (C=O) groups excluding carboxylic acids is 1. The molecule has 0 saturated carbocycles. The van der Waals surface area contributed by atoms with Crippen molar-refractivity contribution in [2.75, 3.05) is 7.11 Å². The van der Waals surface area contributed by atoms with Crippen LogP contribution in [-0.2, 0) is 9.53 Å². The molecule has 0 aliphatic heterocycles. The Balaban J connectivity index is 2.74. The topological polar surface area (TPSA) is 46.5 Å². The molecule has 0 unspecified atom stereocenters. The number of unbranched alkanes of at least 4 members (excludes halogenated alkanes) is 1. The van der Waals surface area contributed by atoms with E-state index in [1.165, 1.54) is 7.11 Å². The van der Waals surface area contributed by atoms with E-state index in [2.05, 4.69) is 6.92 Å². The summed E-state index contributed by atoms with van der Waals surface area (Å²) in [5.74, 6) is 0.253. The predicted molar refractivity (Wildman–Crippen MR) is 67.0 cm³/mol. The van der Waals surface area contributed by atoms with E-state index < -0.39 is 0 Å². The first kappa shape index (κ1) is 13.6. The van der Waals surface area contributed by atoms with E-state index in [0.717, 1.165) is 24.8 Å². The Morgan fingerprint density at radius 3 is 2.53 bits per heavy atom. The summed E-state index contributed by atoms with van der Waals surface area (Å²) in [6.07, 6.45) is 3.57. The number of aromatic hydroxyl groups is 1. The first-order valence-electron chi connectivity index (χ1n) is 6.03. The quantitative estimate of drug-likeness (QED) is 0.771. The number of esters is 1. The fourth-order valence-electron chi connectivity index (χ4n) is 1.87. The van der Waals surface area contributed by atoms with Crippen LogP contribution in [0.25, 0.3) is 0 Å². The van der Waals surface area contributed by atoms with E-state index in [4.69, 9.17) is 4.74 Å². The van der Waals surface area contributed by atoms with E-state index in [1.807, 2.05) is 12.1 Å². The number of hydrogen-bond acceptors (Lipinski definition) is 3. The third kappa shape index (κ3) is 4.47. The Morgan fingerprint density at radius 1 is 1.35 bits per heavy atom. The third-order valence-corrected chi connectivity index (χ3v) is 2.91.